The zero-order chi connectivity index (χ0) is 10.4. The van der Waals surface area contributed by atoms with Gasteiger partial charge in [-0.1, -0.05) is 0 Å². The maximum Gasteiger partial charge on any atom is 0.243 e. The monoisotopic (exact) mass is 261 g/mol. The van der Waals surface area contributed by atoms with Crippen molar-refractivity contribution in [1.82, 2.24) is 9.76 Å². The zero-order valence-electron chi connectivity index (χ0n) is 7.96. The first-order chi connectivity index (χ1) is 6.73. The molecular formula is C7H16Cl2N2O2P. The van der Waals surface area contributed by atoms with E-state index >= 15 is 0 Å². The molecule has 1 heterocycles. The van der Waals surface area contributed by atoms with Crippen molar-refractivity contribution in [2.45, 2.75) is 6.42 Å². The third-order valence-corrected chi connectivity index (χ3v) is 4.67. The molecule has 7 heteroatoms. The predicted molar refractivity (Wildman–Crippen MR) is 60.7 cm³/mol. The summed E-state index contributed by atoms with van der Waals surface area (Å²) in [7, 11) is -2.59. The molecule has 85 valence electrons. The summed E-state index contributed by atoms with van der Waals surface area (Å²) in [4.78, 5) is 10.2. The minimum Gasteiger partial charge on any atom is -0.333 e. The second kappa shape index (κ2) is 6.44. The lowest BCUT2D eigenvalue weighted by Crippen LogP contribution is -2.40. The van der Waals surface area contributed by atoms with E-state index in [9.17, 15) is 4.89 Å². The molecule has 0 spiro atoms. The Morgan fingerprint density at radius 1 is 1.43 bits per heavy atom. The second-order valence-electron chi connectivity index (χ2n) is 2.97. The van der Waals surface area contributed by atoms with Gasteiger partial charge in [0.2, 0.25) is 8.02 Å². The Hall–Kier alpha value is 0.850. The highest BCUT2D eigenvalue weighted by Crippen LogP contribution is 2.56. The molecule has 1 fully saturated rings. The summed E-state index contributed by atoms with van der Waals surface area (Å²) in [6, 6.07) is 0. The van der Waals surface area contributed by atoms with Crippen LogP contribution in [0.25, 0.3) is 0 Å². The largest absolute Gasteiger partial charge is 0.333 e. The maximum atomic E-state index is 10.2. The van der Waals surface area contributed by atoms with Gasteiger partial charge in [0.25, 0.3) is 0 Å². The predicted octanol–water partition coefficient (Wildman–Crippen LogP) is 1.45. The fourth-order valence-corrected chi connectivity index (χ4v) is 3.91. The molecule has 14 heavy (non-hydrogen) atoms. The first kappa shape index (κ1) is 12.9. The number of hydrogen-bond acceptors (Lipinski definition) is 4. The summed E-state index contributed by atoms with van der Waals surface area (Å²) in [5, 5.41) is 2.96. The number of nitrogens with zero attached hydrogens (tertiary/aromatic N) is 1. The lowest BCUT2D eigenvalue weighted by atomic mass is 10.4. The van der Waals surface area contributed by atoms with Gasteiger partial charge in [-0.25, -0.2) is 9.76 Å². The Kier molecular flexibility index (Phi) is 5.94. The lowest BCUT2D eigenvalue weighted by molar-refractivity contribution is 0.178. The molecular weight excluding hydrogens is 246 g/mol. The molecule has 0 aromatic rings. The van der Waals surface area contributed by atoms with Gasteiger partial charge in [0, 0.05) is 31.4 Å². The summed E-state index contributed by atoms with van der Waals surface area (Å²) < 4.78 is 7.28. The van der Waals surface area contributed by atoms with Crippen molar-refractivity contribution in [3.8, 4) is 0 Å². The summed E-state index contributed by atoms with van der Waals surface area (Å²) in [6.45, 7) is 2.61. The Morgan fingerprint density at radius 2 is 2.21 bits per heavy atom. The van der Waals surface area contributed by atoms with Crippen LogP contribution in [-0.2, 0) is 4.52 Å². The molecule has 1 aliphatic heterocycles. The number of halogens is 2. The molecule has 0 aromatic carbocycles. The van der Waals surface area contributed by atoms with Gasteiger partial charge >= 0.3 is 0 Å². The molecule has 1 saturated heterocycles. The average Bonchev–Trinajstić information content (AvgIpc) is 2.19. The van der Waals surface area contributed by atoms with E-state index in [-0.39, 0.29) is 0 Å². The molecule has 4 nitrogen and oxygen atoms in total. The van der Waals surface area contributed by atoms with Crippen molar-refractivity contribution in [3.63, 3.8) is 0 Å². The lowest BCUT2D eigenvalue weighted by Gasteiger charge is -2.43. The van der Waals surface area contributed by atoms with E-state index in [0.717, 1.165) is 13.0 Å². The number of rotatable bonds is 5. The standard InChI is InChI=1S/C7H16Cl2N2O2P/c8-2-4-10-14(12)11(6-3-9)5-1-7-13-14/h10,12H,1-7H2. The van der Waals surface area contributed by atoms with Crippen LogP contribution in [-0.4, -0.2) is 47.6 Å². The van der Waals surface area contributed by atoms with E-state index in [1.54, 1.807) is 0 Å². The van der Waals surface area contributed by atoms with Crippen molar-refractivity contribution in [3.05, 3.63) is 0 Å². The maximum absolute atomic E-state index is 10.2. The van der Waals surface area contributed by atoms with Crippen LogP contribution in [0.5, 0.6) is 0 Å². The van der Waals surface area contributed by atoms with E-state index in [2.05, 4.69) is 5.09 Å². The molecule has 1 radical (unpaired) electrons. The van der Waals surface area contributed by atoms with Crippen LogP contribution in [0.3, 0.4) is 0 Å². The van der Waals surface area contributed by atoms with Gasteiger partial charge in [-0.15, -0.1) is 23.2 Å². The fraction of sp³-hybridized carbons (Fsp3) is 1.00. The van der Waals surface area contributed by atoms with Crippen LogP contribution in [0.1, 0.15) is 6.42 Å². The van der Waals surface area contributed by atoms with Gasteiger partial charge < -0.3 is 9.42 Å². The van der Waals surface area contributed by atoms with Crippen molar-refractivity contribution in [2.24, 2.45) is 0 Å². The molecule has 0 aromatic heterocycles. The Bertz CT molecular complexity index is 176. The molecule has 1 rings (SSSR count). The van der Waals surface area contributed by atoms with E-state index in [4.69, 9.17) is 27.7 Å². The minimum absolute atomic E-state index is 0.459. The third-order valence-electron chi connectivity index (χ3n) is 1.97. The van der Waals surface area contributed by atoms with Crippen molar-refractivity contribution in [1.29, 1.82) is 0 Å². The van der Waals surface area contributed by atoms with Crippen LogP contribution in [0.2, 0.25) is 0 Å². The molecule has 1 atom stereocenters. The highest BCUT2D eigenvalue weighted by Gasteiger charge is 2.35. The topological polar surface area (TPSA) is 44.7 Å². The number of hydrogen-bond donors (Lipinski definition) is 2. The molecule has 0 amide bonds. The van der Waals surface area contributed by atoms with Crippen LogP contribution in [0, 0.1) is 0 Å². The molecule has 1 aliphatic rings. The van der Waals surface area contributed by atoms with E-state index in [1.807, 2.05) is 4.67 Å². The molecule has 0 bridgehead atoms. The van der Waals surface area contributed by atoms with E-state index < -0.39 is 8.02 Å². The third kappa shape index (κ3) is 3.46. The second-order valence-corrected chi connectivity index (χ2v) is 5.95. The van der Waals surface area contributed by atoms with Gasteiger partial charge in [0.1, 0.15) is 0 Å². The quantitative estimate of drug-likeness (QED) is 0.581. The highest BCUT2D eigenvalue weighted by atomic mass is 35.5. The molecule has 0 aliphatic carbocycles. The minimum atomic E-state index is -2.59. The summed E-state index contributed by atoms with van der Waals surface area (Å²) in [6.07, 6.45) is 0.932. The molecule has 2 N–H and O–H groups in total. The first-order valence-corrected chi connectivity index (χ1v) is 7.30. The van der Waals surface area contributed by atoms with Crippen LogP contribution < -0.4 is 5.09 Å². The first-order valence-electron chi connectivity index (χ1n) is 4.62. The van der Waals surface area contributed by atoms with Crippen LogP contribution in [0.15, 0.2) is 0 Å². The van der Waals surface area contributed by atoms with Crippen LogP contribution >= 0.6 is 31.2 Å². The average molecular weight is 262 g/mol. The van der Waals surface area contributed by atoms with Gasteiger partial charge in [-0.3, -0.25) is 0 Å². The summed E-state index contributed by atoms with van der Waals surface area (Å²) >= 11 is 11.2. The van der Waals surface area contributed by atoms with Gasteiger partial charge in [-0.05, 0) is 6.42 Å². The normalized spacial score (nSPS) is 29.4. The van der Waals surface area contributed by atoms with Gasteiger partial charge in [-0.2, -0.15) is 0 Å². The van der Waals surface area contributed by atoms with Crippen molar-refractivity contribution in [2.75, 3.05) is 38.0 Å². The van der Waals surface area contributed by atoms with Crippen molar-refractivity contribution >= 4 is 31.2 Å². The van der Waals surface area contributed by atoms with Crippen LogP contribution in [0.4, 0.5) is 0 Å². The number of nitrogens with one attached hydrogen (secondary N) is 1. The fourth-order valence-electron chi connectivity index (χ4n) is 1.33. The molecule has 0 saturated carbocycles. The summed E-state index contributed by atoms with van der Waals surface area (Å²) in [5.41, 5.74) is 0. The highest BCUT2D eigenvalue weighted by molar-refractivity contribution is 7.61. The van der Waals surface area contributed by atoms with Gasteiger partial charge in [0.15, 0.2) is 0 Å². The smallest absolute Gasteiger partial charge is 0.243 e. The van der Waals surface area contributed by atoms with E-state index in [1.165, 1.54) is 0 Å². The Balaban J connectivity index is 2.49. The zero-order valence-corrected chi connectivity index (χ0v) is 10.4. The SMILES string of the molecule is O[P]1(NCCCl)OCCCN1CCCl. The summed E-state index contributed by atoms with van der Waals surface area (Å²) in [5.74, 6) is 0.953. The Morgan fingerprint density at radius 3 is 2.86 bits per heavy atom. The molecule has 1 unspecified atom stereocenters. The van der Waals surface area contributed by atoms with Gasteiger partial charge in [0.05, 0.1) is 6.61 Å². The van der Waals surface area contributed by atoms with Crippen molar-refractivity contribution < 1.29 is 9.42 Å². The number of alkyl halides is 2. The van der Waals surface area contributed by atoms with E-state index in [0.29, 0.717) is 31.5 Å². The Labute approximate surface area is 95.1 Å².